The fraction of sp³-hybridized carbons (Fsp3) is 0.969. The molecule has 0 amide bonds. The molecule has 0 fully saturated rings. The van der Waals surface area contributed by atoms with E-state index in [1.807, 2.05) is 0 Å². The van der Waals surface area contributed by atoms with Gasteiger partial charge in [0.1, 0.15) is 5.78 Å². The van der Waals surface area contributed by atoms with Gasteiger partial charge in [-0.05, 0) is 12.8 Å². The molecule has 0 saturated heterocycles. The number of hydrogen-bond acceptors (Lipinski definition) is 1. The second kappa shape index (κ2) is 29.7. The van der Waals surface area contributed by atoms with Crippen molar-refractivity contribution in [1.29, 1.82) is 0 Å². The Hall–Kier alpha value is -0.330. The molecule has 0 atom stereocenters. The average molecular weight is 465 g/mol. The van der Waals surface area contributed by atoms with Gasteiger partial charge >= 0.3 is 0 Å². The minimum absolute atomic E-state index is 0.525. The Morgan fingerprint density at radius 1 is 0.303 bits per heavy atom. The number of unbranched alkanes of at least 4 members (excludes halogenated alkanes) is 25. The molecule has 0 heterocycles. The highest BCUT2D eigenvalue weighted by atomic mass is 16.1. The molecular formula is C32H64O. The molecule has 0 radical (unpaired) electrons. The highest BCUT2D eigenvalue weighted by Gasteiger charge is 2.02. The minimum atomic E-state index is 0.525. The van der Waals surface area contributed by atoms with Gasteiger partial charge in [-0.1, -0.05) is 174 Å². The number of rotatable bonds is 29. The van der Waals surface area contributed by atoms with Crippen LogP contribution in [0, 0.1) is 0 Å². The maximum Gasteiger partial charge on any atom is 0.132 e. The third kappa shape index (κ3) is 29.6. The van der Waals surface area contributed by atoms with Gasteiger partial charge in [-0.3, -0.25) is 4.79 Å². The van der Waals surface area contributed by atoms with Gasteiger partial charge in [0.2, 0.25) is 0 Å². The Labute approximate surface area is 210 Å². The lowest BCUT2D eigenvalue weighted by atomic mass is 10.0. The van der Waals surface area contributed by atoms with E-state index in [-0.39, 0.29) is 0 Å². The number of hydrogen-bond donors (Lipinski definition) is 0. The van der Waals surface area contributed by atoms with Gasteiger partial charge in [-0.2, -0.15) is 0 Å². The first-order valence-electron chi connectivity index (χ1n) is 15.8. The molecule has 0 aromatic carbocycles. The Balaban J connectivity index is 3.14. The largest absolute Gasteiger partial charge is 0.300 e. The summed E-state index contributed by atoms with van der Waals surface area (Å²) in [6.45, 7) is 4.58. The van der Waals surface area contributed by atoms with Gasteiger partial charge in [0.25, 0.3) is 0 Å². The van der Waals surface area contributed by atoms with E-state index in [1.54, 1.807) is 0 Å². The fourth-order valence-electron chi connectivity index (χ4n) is 4.98. The van der Waals surface area contributed by atoms with Crippen LogP contribution in [0.3, 0.4) is 0 Å². The van der Waals surface area contributed by atoms with E-state index in [0.717, 1.165) is 25.7 Å². The van der Waals surface area contributed by atoms with Crippen molar-refractivity contribution in [3.05, 3.63) is 0 Å². The van der Waals surface area contributed by atoms with Crippen molar-refractivity contribution in [2.45, 2.75) is 200 Å². The number of ketones is 1. The molecular weight excluding hydrogens is 400 g/mol. The molecule has 198 valence electrons. The first kappa shape index (κ1) is 32.7. The van der Waals surface area contributed by atoms with E-state index in [0.29, 0.717) is 5.78 Å². The molecule has 1 heteroatoms. The Kier molecular flexibility index (Phi) is 29.4. The summed E-state index contributed by atoms with van der Waals surface area (Å²) < 4.78 is 0. The molecule has 33 heavy (non-hydrogen) atoms. The maximum atomic E-state index is 12.1. The number of carbonyl (C=O) groups is 1. The summed E-state index contributed by atoms with van der Waals surface area (Å²) in [6.07, 6.45) is 39.0. The molecule has 0 saturated carbocycles. The van der Waals surface area contributed by atoms with Gasteiger partial charge in [0, 0.05) is 12.8 Å². The third-order valence-corrected chi connectivity index (χ3v) is 7.37. The molecule has 0 unspecified atom stereocenters. The standard InChI is InChI=1S/C32H64O/c1-3-5-7-9-11-13-15-17-19-21-23-25-27-29-31-32(33)30-28-26-24-22-20-18-16-14-12-10-8-6-4-2/h3-31H2,1-2H3. The molecule has 1 nitrogen and oxygen atoms in total. The van der Waals surface area contributed by atoms with Crippen molar-refractivity contribution in [3.63, 3.8) is 0 Å². The van der Waals surface area contributed by atoms with Crippen LogP contribution in [0.25, 0.3) is 0 Å². The van der Waals surface area contributed by atoms with Crippen molar-refractivity contribution < 1.29 is 4.79 Å². The summed E-state index contributed by atoms with van der Waals surface area (Å²) >= 11 is 0. The molecule has 0 aliphatic rings. The van der Waals surface area contributed by atoms with E-state index >= 15 is 0 Å². The van der Waals surface area contributed by atoms with Gasteiger partial charge < -0.3 is 0 Å². The van der Waals surface area contributed by atoms with Crippen molar-refractivity contribution in [1.82, 2.24) is 0 Å². The normalized spacial score (nSPS) is 11.3. The second-order valence-electron chi connectivity index (χ2n) is 10.9. The zero-order chi connectivity index (χ0) is 24.1. The molecule has 0 rings (SSSR count). The van der Waals surface area contributed by atoms with Crippen molar-refractivity contribution in [2.75, 3.05) is 0 Å². The van der Waals surface area contributed by atoms with Crippen LogP contribution in [0.5, 0.6) is 0 Å². The van der Waals surface area contributed by atoms with E-state index in [4.69, 9.17) is 0 Å². The van der Waals surface area contributed by atoms with Gasteiger partial charge in [-0.25, -0.2) is 0 Å². The van der Waals surface area contributed by atoms with Crippen LogP contribution in [0.15, 0.2) is 0 Å². The molecule has 0 aromatic heterocycles. The lowest BCUT2D eigenvalue weighted by Crippen LogP contribution is -1.97. The van der Waals surface area contributed by atoms with Crippen LogP contribution < -0.4 is 0 Å². The Morgan fingerprint density at radius 2 is 0.485 bits per heavy atom. The summed E-state index contributed by atoms with van der Waals surface area (Å²) in [4.78, 5) is 12.1. The predicted octanol–water partition coefficient (Wildman–Crippen LogP) is 11.9. The lowest BCUT2D eigenvalue weighted by Gasteiger charge is -2.04. The zero-order valence-corrected chi connectivity index (χ0v) is 23.4. The van der Waals surface area contributed by atoms with Crippen molar-refractivity contribution >= 4 is 5.78 Å². The van der Waals surface area contributed by atoms with Crippen LogP contribution in [0.1, 0.15) is 200 Å². The SMILES string of the molecule is CCCCCCCCCCCCCCCCC(=O)CCCCCCCCCCCCCCC. The molecule has 0 aromatic rings. The Bertz CT molecular complexity index is 362. The monoisotopic (exact) mass is 464 g/mol. The lowest BCUT2D eigenvalue weighted by molar-refractivity contribution is -0.119. The topological polar surface area (TPSA) is 17.1 Å². The molecule has 0 bridgehead atoms. The molecule has 0 N–H and O–H groups in total. The summed E-state index contributed by atoms with van der Waals surface area (Å²) in [5, 5.41) is 0. The fourth-order valence-corrected chi connectivity index (χ4v) is 4.98. The van der Waals surface area contributed by atoms with Gasteiger partial charge in [-0.15, -0.1) is 0 Å². The highest BCUT2D eigenvalue weighted by Crippen LogP contribution is 2.15. The Morgan fingerprint density at radius 3 is 0.697 bits per heavy atom. The van der Waals surface area contributed by atoms with Crippen LogP contribution in [-0.4, -0.2) is 5.78 Å². The zero-order valence-electron chi connectivity index (χ0n) is 23.4. The van der Waals surface area contributed by atoms with Crippen LogP contribution in [0.4, 0.5) is 0 Å². The summed E-state index contributed by atoms with van der Waals surface area (Å²) in [5.74, 6) is 0.525. The first-order valence-corrected chi connectivity index (χ1v) is 15.8. The average Bonchev–Trinajstić information content (AvgIpc) is 2.82. The van der Waals surface area contributed by atoms with Crippen LogP contribution in [-0.2, 0) is 4.79 Å². The first-order chi connectivity index (χ1) is 16.3. The quantitative estimate of drug-likeness (QED) is 0.101. The number of carbonyl (C=O) groups excluding carboxylic acids is 1. The van der Waals surface area contributed by atoms with Crippen molar-refractivity contribution in [3.8, 4) is 0 Å². The smallest absolute Gasteiger partial charge is 0.132 e. The number of Topliss-reactive ketones (excluding diaryl/α,β-unsaturated/α-hetero) is 1. The third-order valence-electron chi connectivity index (χ3n) is 7.37. The van der Waals surface area contributed by atoms with Gasteiger partial charge in [0.05, 0.1) is 0 Å². The van der Waals surface area contributed by atoms with E-state index < -0.39 is 0 Å². The predicted molar refractivity (Wildman–Crippen MR) is 150 cm³/mol. The van der Waals surface area contributed by atoms with E-state index in [9.17, 15) is 4.79 Å². The molecule has 0 aliphatic heterocycles. The van der Waals surface area contributed by atoms with Gasteiger partial charge in [0.15, 0.2) is 0 Å². The maximum absolute atomic E-state index is 12.1. The van der Waals surface area contributed by atoms with Crippen LogP contribution >= 0.6 is 0 Å². The second-order valence-corrected chi connectivity index (χ2v) is 10.9. The van der Waals surface area contributed by atoms with E-state index in [2.05, 4.69) is 13.8 Å². The van der Waals surface area contributed by atoms with Crippen molar-refractivity contribution in [2.24, 2.45) is 0 Å². The van der Waals surface area contributed by atoms with E-state index in [1.165, 1.54) is 161 Å². The van der Waals surface area contributed by atoms with Crippen LogP contribution in [0.2, 0.25) is 0 Å². The molecule has 0 spiro atoms. The molecule has 0 aliphatic carbocycles. The summed E-state index contributed by atoms with van der Waals surface area (Å²) in [5.41, 5.74) is 0. The highest BCUT2D eigenvalue weighted by molar-refractivity contribution is 5.78. The minimum Gasteiger partial charge on any atom is -0.300 e. The summed E-state index contributed by atoms with van der Waals surface area (Å²) in [7, 11) is 0. The summed E-state index contributed by atoms with van der Waals surface area (Å²) in [6, 6.07) is 0.